The minimum atomic E-state index is 0.472. The number of nitrogens with one attached hydrogen (secondary N) is 1. The lowest BCUT2D eigenvalue weighted by molar-refractivity contribution is 0.530. The van der Waals surface area contributed by atoms with Gasteiger partial charge in [0, 0.05) is 16.3 Å². The monoisotopic (exact) mass is 223 g/mol. The molecule has 1 heterocycles. The summed E-state index contributed by atoms with van der Waals surface area (Å²) in [5.74, 6) is 0.845. The van der Waals surface area contributed by atoms with Crippen LogP contribution in [-0.2, 0) is 5.41 Å². The first-order valence-corrected chi connectivity index (χ1v) is 6.70. The van der Waals surface area contributed by atoms with Crippen LogP contribution in [0.2, 0.25) is 0 Å². The number of aryl methyl sites for hydroxylation is 1. The molecule has 1 saturated carbocycles. The van der Waals surface area contributed by atoms with E-state index in [4.69, 9.17) is 0 Å². The predicted molar refractivity (Wildman–Crippen MR) is 67.7 cm³/mol. The normalized spacial score (nSPS) is 29.8. The maximum absolute atomic E-state index is 3.55. The Kier molecular flexibility index (Phi) is 2.91. The van der Waals surface area contributed by atoms with Crippen molar-refractivity contribution in [2.75, 3.05) is 6.54 Å². The van der Waals surface area contributed by atoms with Crippen molar-refractivity contribution in [3.63, 3.8) is 0 Å². The molecule has 1 fully saturated rings. The fourth-order valence-electron chi connectivity index (χ4n) is 2.36. The van der Waals surface area contributed by atoms with E-state index in [0.29, 0.717) is 11.5 Å². The summed E-state index contributed by atoms with van der Waals surface area (Å²) in [5.41, 5.74) is 1.95. The van der Waals surface area contributed by atoms with Crippen molar-refractivity contribution in [3.8, 4) is 0 Å². The van der Waals surface area contributed by atoms with Gasteiger partial charge in [-0.2, -0.15) is 0 Å². The van der Waals surface area contributed by atoms with Gasteiger partial charge in [-0.15, -0.1) is 11.3 Å². The second-order valence-corrected chi connectivity index (χ2v) is 6.23. The van der Waals surface area contributed by atoms with Gasteiger partial charge in [0.05, 0.1) is 0 Å². The molecule has 0 bridgehead atoms. The summed E-state index contributed by atoms with van der Waals surface area (Å²) in [5, 5.41) is 5.77. The molecule has 0 aliphatic heterocycles. The average Bonchev–Trinajstić information content (AvgIpc) is 2.59. The van der Waals surface area contributed by atoms with E-state index in [9.17, 15) is 0 Å². The summed E-state index contributed by atoms with van der Waals surface area (Å²) in [6, 6.07) is 2.86. The molecule has 1 aliphatic carbocycles. The van der Waals surface area contributed by atoms with E-state index in [1.54, 1.807) is 4.88 Å². The first-order chi connectivity index (χ1) is 7.04. The molecular formula is C13H21NS. The van der Waals surface area contributed by atoms with Crippen molar-refractivity contribution in [2.24, 2.45) is 5.92 Å². The summed E-state index contributed by atoms with van der Waals surface area (Å²) < 4.78 is 0. The summed E-state index contributed by atoms with van der Waals surface area (Å²) in [6.07, 6.45) is 1.36. The third-order valence-electron chi connectivity index (χ3n) is 3.56. The van der Waals surface area contributed by atoms with Gasteiger partial charge < -0.3 is 5.32 Å². The SMILES string of the molecule is Cc1ccsc1C1(C)CC1CNC(C)C. The summed E-state index contributed by atoms with van der Waals surface area (Å²) in [6.45, 7) is 10.3. The molecule has 1 aliphatic rings. The van der Waals surface area contributed by atoms with Crippen molar-refractivity contribution in [2.45, 2.75) is 45.6 Å². The Balaban J connectivity index is 1.98. The zero-order valence-electron chi connectivity index (χ0n) is 10.1. The van der Waals surface area contributed by atoms with Gasteiger partial charge in [0.15, 0.2) is 0 Å². The summed E-state index contributed by atoms with van der Waals surface area (Å²) >= 11 is 1.93. The van der Waals surface area contributed by atoms with Gasteiger partial charge in [0.1, 0.15) is 0 Å². The highest BCUT2D eigenvalue weighted by Gasteiger charge is 2.52. The van der Waals surface area contributed by atoms with Crippen LogP contribution in [-0.4, -0.2) is 12.6 Å². The smallest absolute Gasteiger partial charge is 0.0137 e. The lowest BCUT2D eigenvalue weighted by Gasteiger charge is -2.13. The summed E-state index contributed by atoms with van der Waals surface area (Å²) in [4.78, 5) is 1.61. The minimum absolute atomic E-state index is 0.472. The molecule has 1 aromatic rings. The molecule has 1 aromatic heterocycles. The fraction of sp³-hybridized carbons (Fsp3) is 0.692. The van der Waals surface area contributed by atoms with Crippen molar-refractivity contribution in [1.29, 1.82) is 0 Å². The fourth-order valence-corrected chi connectivity index (χ4v) is 3.55. The zero-order chi connectivity index (χ0) is 11.1. The standard InChI is InChI=1S/C13H21NS/c1-9(2)14-8-11-7-13(11,4)12-10(3)5-6-15-12/h5-6,9,11,14H,7-8H2,1-4H3. The Bertz CT molecular complexity index is 342. The zero-order valence-corrected chi connectivity index (χ0v) is 10.9. The van der Waals surface area contributed by atoms with Crippen LogP contribution >= 0.6 is 11.3 Å². The molecule has 2 atom stereocenters. The number of rotatable bonds is 4. The molecule has 15 heavy (non-hydrogen) atoms. The maximum Gasteiger partial charge on any atom is 0.0137 e. The van der Waals surface area contributed by atoms with E-state index in [0.717, 1.165) is 5.92 Å². The topological polar surface area (TPSA) is 12.0 Å². The molecule has 2 rings (SSSR count). The second kappa shape index (κ2) is 3.91. The third-order valence-corrected chi connectivity index (χ3v) is 4.86. The van der Waals surface area contributed by atoms with Crippen LogP contribution in [0.15, 0.2) is 11.4 Å². The largest absolute Gasteiger partial charge is 0.314 e. The van der Waals surface area contributed by atoms with Crippen LogP contribution in [0.1, 0.15) is 37.6 Å². The van der Waals surface area contributed by atoms with Gasteiger partial charge in [-0.3, -0.25) is 0 Å². The molecule has 1 N–H and O–H groups in total. The highest BCUT2D eigenvalue weighted by Crippen LogP contribution is 2.55. The van der Waals surface area contributed by atoms with Crippen LogP contribution in [0.3, 0.4) is 0 Å². The molecule has 1 nitrogen and oxygen atoms in total. The Hall–Kier alpha value is -0.340. The van der Waals surface area contributed by atoms with Crippen LogP contribution in [0.25, 0.3) is 0 Å². The van der Waals surface area contributed by atoms with Crippen molar-refractivity contribution in [1.82, 2.24) is 5.32 Å². The first kappa shape index (κ1) is 11.2. The Morgan fingerprint density at radius 2 is 2.33 bits per heavy atom. The quantitative estimate of drug-likeness (QED) is 0.825. The van der Waals surface area contributed by atoms with E-state index >= 15 is 0 Å². The van der Waals surface area contributed by atoms with Crippen LogP contribution in [0, 0.1) is 12.8 Å². The second-order valence-electron chi connectivity index (χ2n) is 5.31. The highest BCUT2D eigenvalue weighted by atomic mass is 32.1. The lowest BCUT2D eigenvalue weighted by atomic mass is 10.0. The average molecular weight is 223 g/mol. The van der Waals surface area contributed by atoms with Gasteiger partial charge in [-0.1, -0.05) is 20.8 Å². The number of thiophene rings is 1. The third kappa shape index (κ3) is 2.11. The Morgan fingerprint density at radius 1 is 1.60 bits per heavy atom. The number of hydrogen-bond donors (Lipinski definition) is 1. The van der Waals surface area contributed by atoms with Crippen molar-refractivity contribution >= 4 is 11.3 Å². The van der Waals surface area contributed by atoms with Gasteiger partial charge in [-0.25, -0.2) is 0 Å². The predicted octanol–water partition coefficient (Wildman–Crippen LogP) is 3.33. The Morgan fingerprint density at radius 3 is 2.87 bits per heavy atom. The van der Waals surface area contributed by atoms with E-state index in [1.165, 1.54) is 18.5 Å². The molecule has 0 spiro atoms. The first-order valence-electron chi connectivity index (χ1n) is 5.82. The molecule has 0 amide bonds. The molecular weight excluding hydrogens is 202 g/mol. The molecule has 0 saturated heterocycles. The highest BCUT2D eigenvalue weighted by molar-refractivity contribution is 7.10. The van der Waals surface area contributed by atoms with Gasteiger partial charge in [-0.05, 0) is 42.8 Å². The van der Waals surface area contributed by atoms with Crippen molar-refractivity contribution < 1.29 is 0 Å². The van der Waals surface area contributed by atoms with Crippen LogP contribution in [0.4, 0.5) is 0 Å². The van der Waals surface area contributed by atoms with Gasteiger partial charge in [0.2, 0.25) is 0 Å². The molecule has 2 unspecified atom stereocenters. The van der Waals surface area contributed by atoms with E-state index in [-0.39, 0.29) is 0 Å². The maximum atomic E-state index is 3.55. The molecule has 0 radical (unpaired) electrons. The van der Waals surface area contributed by atoms with Crippen LogP contribution < -0.4 is 5.32 Å². The van der Waals surface area contributed by atoms with Gasteiger partial charge in [0.25, 0.3) is 0 Å². The van der Waals surface area contributed by atoms with E-state index in [1.807, 2.05) is 11.3 Å². The molecule has 2 heteroatoms. The minimum Gasteiger partial charge on any atom is -0.314 e. The van der Waals surface area contributed by atoms with Gasteiger partial charge >= 0.3 is 0 Å². The molecule has 84 valence electrons. The number of hydrogen-bond acceptors (Lipinski definition) is 2. The summed E-state index contributed by atoms with van der Waals surface area (Å²) in [7, 11) is 0. The Labute approximate surface area is 96.9 Å². The molecule has 0 aromatic carbocycles. The van der Waals surface area contributed by atoms with Crippen molar-refractivity contribution in [3.05, 3.63) is 21.9 Å². The van der Waals surface area contributed by atoms with E-state index in [2.05, 4.69) is 44.5 Å². The van der Waals surface area contributed by atoms with E-state index < -0.39 is 0 Å². The van der Waals surface area contributed by atoms with Crippen LogP contribution in [0.5, 0.6) is 0 Å². The lowest BCUT2D eigenvalue weighted by Crippen LogP contribution is -2.26.